The molecule has 1 unspecified atom stereocenters. The van der Waals surface area contributed by atoms with E-state index in [9.17, 15) is 9.59 Å². The second kappa shape index (κ2) is 5.74. The Balaban J connectivity index is 1.60. The summed E-state index contributed by atoms with van der Waals surface area (Å²) < 4.78 is 0. The fourth-order valence-corrected chi connectivity index (χ4v) is 4.23. The van der Waals surface area contributed by atoms with Gasteiger partial charge in [-0.3, -0.25) is 9.59 Å². The van der Waals surface area contributed by atoms with Crippen molar-refractivity contribution in [3.05, 3.63) is 0 Å². The van der Waals surface area contributed by atoms with Crippen LogP contribution in [0.4, 0.5) is 0 Å². The van der Waals surface area contributed by atoms with Crippen LogP contribution in [0.5, 0.6) is 0 Å². The molecule has 0 bridgehead atoms. The van der Waals surface area contributed by atoms with Gasteiger partial charge in [0.05, 0.1) is 5.92 Å². The molecule has 4 nitrogen and oxygen atoms in total. The van der Waals surface area contributed by atoms with Crippen molar-refractivity contribution in [2.24, 2.45) is 5.92 Å². The highest BCUT2D eigenvalue weighted by atomic mass is 16.2. The summed E-state index contributed by atoms with van der Waals surface area (Å²) in [5.74, 6) is 0.314. The summed E-state index contributed by atoms with van der Waals surface area (Å²) in [5, 5.41) is 0. The van der Waals surface area contributed by atoms with Gasteiger partial charge in [0.1, 0.15) is 0 Å². The first-order valence-corrected chi connectivity index (χ1v) is 8.23. The second-order valence-corrected chi connectivity index (χ2v) is 6.77. The number of carbonyl (C=O) groups is 2. The molecule has 2 amide bonds. The number of amides is 2. The first kappa shape index (κ1) is 13.9. The van der Waals surface area contributed by atoms with Crippen LogP contribution in [0.1, 0.15) is 57.8 Å². The molecular formula is C16H26N2O2. The Hall–Kier alpha value is -1.06. The fourth-order valence-electron chi connectivity index (χ4n) is 4.23. The van der Waals surface area contributed by atoms with Gasteiger partial charge in [-0.1, -0.05) is 25.7 Å². The molecule has 4 heteroatoms. The maximum absolute atomic E-state index is 12.6. The third kappa shape index (κ3) is 2.57. The minimum Gasteiger partial charge on any atom is -0.342 e. The Bertz CT molecular complexity index is 384. The van der Waals surface area contributed by atoms with Gasteiger partial charge >= 0.3 is 0 Å². The van der Waals surface area contributed by atoms with E-state index < -0.39 is 0 Å². The summed E-state index contributed by atoms with van der Waals surface area (Å²) >= 11 is 0. The van der Waals surface area contributed by atoms with Crippen molar-refractivity contribution in [2.45, 2.75) is 69.9 Å². The van der Waals surface area contributed by atoms with E-state index in [2.05, 4.69) is 0 Å². The maximum atomic E-state index is 12.6. The first-order valence-electron chi connectivity index (χ1n) is 8.23. The van der Waals surface area contributed by atoms with E-state index in [-0.39, 0.29) is 17.7 Å². The number of hydrogen-bond acceptors (Lipinski definition) is 2. The third-order valence-electron chi connectivity index (χ3n) is 5.49. The molecule has 1 heterocycles. The lowest BCUT2D eigenvalue weighted by Crippen LogP contribution is -2.41. The van der Waals surface area contributed by atoms with Crippen LogP contribution in [0.15, 0.2) is 0 Å². The van der Waals surface area contributed by atoms with Crippen molar-refractivity contribution >= 4 is 11.8 Å². The Kier molecular flexibility index (Phi) is 3.99. The molecule has 0 aromatic rings. The average Bonchev–Trinajstić information content (AvgIpc) is 3.17. The van der Waals surface area contributed by atoms with Gasteiger partial charge in [-0.15, -0.1) is 0 Å². The summed E-state index contributed by atoms with van der Waals surface area (Å²) in [6, 6.07) is 0.829. The highest BCUT2D eigenvalue weighted by Gasteiger charge is 2.40. The predicted octanol–water partition coefficient (Wildman–Crippen LogP) is 2.18. The van der Waals surface area contributed by atoms with Crippen molar-refractivity contribution in [2.75, 3.05) is 13.6 Å². The lowest BCUT2D eigenvalue weighted by molar-refractivity contribution is -0.136. The molecule has 0 aromatic heterocycles. The van der Waals surface area contributed by atoms with Crippen molar-refractivity contribution in [3.63, 3.8) is 0 Å². The van der Waals surface area contributed by atoms with E-state index >= 15 is 0 Å². The molecule has 3 rings (SSSR count). The molecule has 2 saturated carbocycles. The van der Waals surface area contributed by atoms with E-state index in [0.717, 1.165) is 25.7 Å². The topological polar surface area (TPSA) is 40.6 Å². The van der Waals surface area contributed by atoms with Crippen LogP contribution in [0.2, 0.25) is 0 Å². The Morgan fingerprint density at radius 1 is 1.10 bits per heavy atom. The zero-order valence-corrected chi connectivity index (χ0v) is 12.5. The van der Waals surface area contributed by atoms with Crippen LogP contribution in [0.25, 0.3) is 0 Å². The highest BCUT2D eigenvalue weighted by molar-refractivity contribution is 5.89. The average molecular weight is 278 g/mol. The van der Waals surface area contributed by atoms with Crippen LogP contribution in [0.3, 0.4) is 0 Å². The van der Waals surface area contributed by atoms with Crippen molar-refractivity contribution < 1.29 is 9.59 Å². The smallest absolute Gasteiger partial charge is 0.227 e. The zero-order chi connectivity index (χ0) is 14.1. The summed E-state index contributed by atoms with van der Waals surface area (Å²) in [4.78, 5) is 28.7. The summed E-state index contributed by atoms with van der Waals surface area (Å²) in [7, 11) is 1.93. The highest BCUT2D eigenvalue weighted by Crippen LogP contribution is 2.31. The molecule has 112 valence electrons. The molecule has 0 spiro atoms. The quantitative estimate of drug-likeness (QED) is 0.794. The molecule has 1 aliphatic heterocycles. The monoisotopic (exact) mass is 278 g/mol. The molecule has 0 aromatic carbocycles. The van der Waals surface area contributed by atoms with Crippen LogP contribution in [-0.2, 0) is 9.59 Å². The van der Waals surface area contributed by atoms with Crippen molar-refractivity contribution in [1.29, 1.82) is 0 Å². The maximum Gasteiger partial charge on any atom is 0.227 e. The van der Waals surface area contributed by atoms with Gasteiger partial charge in [0.2, 0.25) is 11.8 Å². The van der Waals surface area contributed by atoms with Gasteiger partial charge in [0, 0.05) is 32.1 Å². The molecule has 1 saturated heterocycles. The minimum absolute atomic E-state index is 0.0892. The van der Waals surface area contributed by atoms with Gasteiger partial charge in [0.15, 0.2) is 0 Å². The fraction of sp³-hybridized carbons (Fsp3) is 0.875. The van der Waals surface area contributed by atoms with Crippen LogP contribution < -0.4 is 0 Å². The third-order valence-corrected chi connectivity index (χ3v) is 5.49. The predicted molar refractivity (Wildman–Crippen MR) is 77.1 cm³/mol. The van der Waals surface area contributed by atoms with E-state index in [1.807, 2.05) is 16.8 Å². The van der Waals surface area contributed by atoms with Gasteiger partial charge in [-0.05, 0) is 25.7 Å². The van der Waals surface area contributed by atoms with Crippen LogP contribution in [0, 0.1) is 5.92 Å². The Morgan fingerprint density at radius 2 is 1.70 bits per heavy atom. The summed E-state index contributed by atoms with van der Waals surface area (Å²) in [6.45, 7) is 0.666. The Morgan fingerprint density at radius 3 is 2.35 bits per heavy atom. The summed E-state index contributed by atoms with van der Waals surface area (Å²) in [5.41, 5.74) is 0. The number of carbonyl (C=O) groups excluding carboxylic acids is 2. The number of likely N-dealkylation sites (tertiary alicyclic amines) is 1. The van der Waals surface area contributed by atoms with Gasteiger partial charge in [-0.25, -0.2) is 0 Å². The van der Waals surface area contributed by atoms with Gasteiger partial charge in [-0.2, -0.15) is 0 Å². The standard InChI is InChI=1S/C16H26N2O2/c1-17(13-6-2-3-7-13)16(20)12-10-15(19)18(11-12)14-8-4-5-9-14/h12-14H,2-11H2,1H3. The van der Waals surface area contributed by atoms with Gasteiger partial charge < -0.3 is 9.80 Å². The number of nitrogens with zero attached hydrogens (tertiary/aromatic N) is 2. The first-order chi connectivity index (χ1) is 9.66. The van der Waals surface area contributed by atoms with Crippen LogP contribution in [-0.4, -0.2) is 47.3 Å². The second-order valence-electron chi connectivity index (χ2n) is 6.77. The molecule has 0 N–H and O–H groups in total. The molecule has 3 aliphatic rings. The zero-order valence-electron chi connectivity index (χ0n) is 12.5. The SMILES string of the molecule is CN(C(=O)C1CC(=O)N(C2CCCC2)C1)C1CCCC1. The van der Waals surface area contributed by atoms with E-state index in [0.29, 0.717) is 25.0 Å². The Labute approximate surface area is 121 Å². The largest absolute Gasteiger partial charge is 0.342 e. The molecule has 2 aliphatic carbocycles. The lowest BCUT2D eigenvalue weighted by Gasteiger charge is -2.28. The van der Waals surface area contributed by atoms with E-state index in [4.69, 9.17) is 0 Å². The molecule has 1 atom stereocenters. The lowest BCUT2D eigenvalue weighted by atomic mass is 10.1. The molecule has 0 radical (unpaired) electrons. The van der Waals surface area contributed by atoms with Crippen molar-refractivity contribution in [3.8, 4) is 0 Å². The van der Waals surface area contributed by atoms with E-state index in [1.165, 1.54) is 25.7 Å². The number of hydrogen-bond donors (Lipinski definition) is 0. The van der Waals surface area contributed by atoms with Gasteiger partial charge in [0.25, 0.3) is 0 Å². The van der Waals surface area contributed by atoms with Crippen molar-refractivity contribution in [1.82, 2.24) is 9.80 Å². The summed E-state index contributed by atoms with van der Waals surface area (Å²) in [6.07, 6.45) is 9.90. The molecule has 20 heavy (non-hydrogen) atoms. The van der Waals surface area contributed by atoms with Crippen LogP contribution >= 0.6 is 0 Å². The van der Waals surface area contributed by atoms with E-state index in [1.54, 1.807) is 0 Å². The molecular weight excluding hydrogens is 252 g/mol. The minimum atomic E-state index is -0.0892. The molecule has 3 fully saturated rings. The number of rotatable bonds is 3. The normalized spacial score (nSPS) is 28.6.